The Morgan fingerprint density at radius 1 is 1.30 bits per heavy atom. The lowest BCUT2D eigenvalue weighted by Crippen LogP contribution is -2.39. The zero-order valence-electron chi connectivity index (χ0n) is 13.0. The Kier molecular flexibility index (Phi) is 6.62. The number of hydrogen-bond donors (Lipinski definition) is 2. The van der Waals surface area contributed by atoms with Gasteiger partial charge in [-0.25, -0.2) is 0 Å². The van der Waals surface area contributed by atoms with Gasteiger partial charge in [0.2, 0.25) is 0 Å². The molecule has 1 unspecified atom stereocenters. The quantitative estimate of drug-likeness (QED) is 0.726. The minimum atomic E-state index is -0.281. The summed E-state index contributed by atoms with van der Waals surface area (Å²) in [7, 11) is 0. The SMILES string of the molecule is CC=CCC(CO)NC(=O)COc1ccc2cc(Br)ccc2c1. The molecule has 0 saturated heterocycles. The molecular formula is C18H20BrNO3. The first-order valence-electron chi connectivity index (χ1n) is 7.46. The van der Waals surface area contributed by atoms with Crippen LogP contribution >= 0.6 is 15.9 Å². The van der Waals surface area contributed by atoms with E-state index >= 15 is 0 Å². The van der Waals surface area contributed by atoms with Crippen molar-refractivity contribution in [2.24, 2.45) is 0 Å². The van der Waals surface area contributed by atoms with Crippen molar-refractivity contribution in [3.8, 4) is 5.75 Å². The number of amides is 1. The van der Waals surface area contributed by atoms with Crippen LogP contribution in [-0.2, 0) is 4.79 Å². The van der Waals surface area contributed by atoms with E-state index in [1.165, 1.54) is 0 Å². The predicted molar refractivity (Wildman–Crippen MR) is 95.6 cm³/mol. The van der Waals surface area contributed by atoms with Gasteiger partial charge in [-0.15, -0.1) is 0 Å². The van der Waals surface area contributed by atoms with Gasteiger partial charge in [-0.1, -0.05) is 40.2 Å². The molecule has 0 aliphatic carbocycles. The van der Waals surface area contributed by atoms with Crippen molar-refractivity contribution in [2.45, 2.75) is 19.4 Å². The van der Waals surface area contributed by atoms with Gasteiger partial charge in [-0.05, 0) is 48.4 Å². The van der Waals surface area contributed by atoms with E-state index in [1.807, 2.05) is 55.5 Å². The largest absolute Gasteiger partial charge is 0.484 e. The van der Waals surface area contributed by atoms with E-state index in [0.717, 1.165) is 15.2 Å². The van der Waals surface area contributed by atoms with Crippen molar-refractivity contribution in [3.63, 3.8) is 0 Å². The summed E-state index contributed by atoms with van der Waals surface area (Å²) in [5.74, 6) is 0.397. The van der Waals surface area contributed by atoms with Crippen LogP contribution in [-0.4, -0.2) is 30.3 Å². The Morgan fingerprint density at radius 2 is 2.04 bits per heavy atom. The molecule has 0 aliphatic rings. The molecule has 0 fully saturated rings. The molecule has 5 heteroatoms. The van der Waals surface area contributed by atoms with Crippen LogP contribution in [0.4, 0.5) is 0 Å². The molecule has 2 aromatic rings. The third kappa shape index (κ3) is 5.37. The molecule has 0 aliphatic heterocycles. The van der Waals surface area contributed by atoms with Crippen molar-refractivity contribution in [1.82, 2.24) is 5.32 Å². The van der Waals surface area contributed by atoms with Crippen molar-refractivity contribution in [3.05, 3.63) is 53.0 Å². The molecule has 122 valence electrons. The fourth-order valence-electron chi connectivity index (χ4n) is 2.18. The monoisotopic (exact) mass is 377 g/mol. The number of aliphatic hydroxyl groups is 1. The molecule has 2 aromatic carbocycles. The van der Waals surface area contributed by atoms with Gasteiger partial charge < -0.3 is 15.2 Å². The number of nitrogens with one attached hydrogen (secondary N) is 1. The lowest BCUT2D eigenvalue weighted by molar-refractivity contribution is -0.124. The summed E-state index contributed by atoms with van der Waals surface area (Å²) in [6, 6.07) is 11.4. The summed E-state index contributed by atoms with van der Waals surface area (Å²) < 4.78 is 6.56. The van der Waals surface area contributed by atoms with Crippen molar-refractivity contribution >= 4 is 32.6 Å². The second kappa shape index (κ2) is 8.70. The molecule has 0 spiro atoms. The van der Waals surface area contributed by atoms with Crippen molar-refractivity contribution < 1.29 is 14.6 Å². The van der Waals surface area contributed by atoms with Gasteiger partial charge >= 0.3 is 0 Å². The number of aliphatic hydroxyl groups excluding tert-OH is 1. The van der Waals surface area contributed by atoms with Gasteiger partial charge in [0.15, 0.2) is 6.61 Å². The molecule has 2 N–H and O–H groups in total. The molecule has 1 atom stereocenters. The Labute approximate surface area is 144 Å². The number of carbonyl (C=O) groups is 1. The van der Waals surface area contributed by atoms with Crippen LogP contribution in [0, 0.1) is 0 Å². The number of hydrogen-bond acceptors (Lipinski definition) is 3. The van der Waals surface area contributed by atoms with E-state index < -0.39 is 0 Å². The van der Waals surface area contributed by atoms with Gasteiger partial charge in [0.25, 0.3) is 5.91 Å². The van der Waals surface area contributed by atoms with E-state index in [0.29, 0.717) is 12.2 Å². The summed E-state index contributed by atoms with van der Waals surface area (Å²) in [6.45, 7) is 1.73. The van der Waals surface area contributed by atoms with Crippen LogP contribution in [0.1, 0.15) is 13.3 Å². The van der Waals surface area contributed by atoms with Gasteiger partial charge in [0.05, 0.1) is 12.6 Å². The normalized spacial score (nSPS) is 12.5. The summed E-state index contributed by atoms with van der Waals surface area (Å²) in [5.41, 5.74) is 0. The van der Waals surface area contributed by atoms with E-state index in [9.17, 15) is 9.90 Å². The van der Waals surface area contributed by atoms with E-state index in [1.54, 1.807) is 0 Å². The molecule has 2 rings (SSSR count). The highest BCUT2D eigenvalue weighted by Gasteiger charge is 2.10. The highest BCUT2D eigenvalue weighted by Crippen LogP contribution is 2.24. The number of fused-ring (bicyclic) bond motifs is 1. The maximum Gasteiger partial charge on any atom is 0.258 e. The third-order valence-corrected chi connectivity index (χ3v) is 3.88. The van der Waals surface area contributed by atoms with Gasteiger partial charge in [-0.3, -0.25) is 4.79 Å². The molecule has 1 amide bonds. The smallest absolute Gasteiger partial charge is 0.258 e. The summed E-state index contributed by atoms with van der Waals surface area (Å²) >= 11 is 3.44. The van der Waals surface area contributed by atoms with Crippen molar-refractivity contribution in [1.29, 1.82) is 0 Å². The van der Waals surface area contributed by atoms with Gasteiger partial charge in [0.1, 0.15) is 5.75 Å². The van der Waals surface area contributed by atoms with Crippen LogP contribution in [0.15, 0.2) is 53.0 Å². The van der Waals surface area contributed by atoms with Crippen LogP contribution in [0.5, 0.6) is 5.75 Å². The minimum absolute atomic E-state index is 0.0750. The number of benzene rings is 2. The lowest BCUT2D eigenvalue weighted by atomic mass is 10.1. The first kappa shape index (κ1) is 17.5. The summed E-state index contributed by atoms with van der Waals surface area (Å²) in [4.78, 5) is 11.9. The zero-order chi connectivity index (χ0) is 16.7. The van der Waals surface area contributed by atoms with Crippen LogP contribution in [0.25, 0.3) is 10.8 Å². The topological polar surface area (TPSA) is 58.6 Å². The van der Waals surface area contributed by atoms with Crippen molar-refractivity contribution in [2.75, 3.05) is 13.2 Å². The first-order chi connectivity index (χ1) is 11.1. The third-order valence-electron chi connectivity index (χ3n) is 3.39. The molecule has 4 nitrogen and oxygen atoms in total. The predicted octanol–water partition coefficient (Wildman–Crippen LogP) is 3.42. The van der Waals surface area contributed by atoms with Gasteiger partial charge in [0, 0.05) is 4.47 Å². The second-order valence-electron chi connectivity index (χ2n) is 5.19. The second-order valence-corrected chi connectivity index (χ2v) is 6.11. The average Bonchev–Trinajstić information content (AvgIpc) is 2.56. The standard InChI is InChI=1S/C18H20BrNO3/c1-2-3-4-16(11-21)20-18(22)12-23-17-8-6-13-9-15(19)7-5-14(13)10-17/h2-3,5-10,16,21H,4,11-12H2,1H3,(H,20,22). The van der Waals surface area contributed by atoms with Gasteiger partial charge in [-0.2, -0.15) is 0 Å². The zero-order valence-corrected chi connectivity index (χ0v) is 14.5. The fourth-order valence-corrected chi connectivity index (χ4v) is 2.56. The number of ether oxygens (including phenoxy) is 1. The Morgan fingerprint density at radius 3 is 2.78 bits per heavy atom. The lowest BCUT2D eigenvalue weighted by Gasteiger charge is -2.15. The molecule has 0 bridgehead atoms. The fraction of sp³-hybridized carbons (Fsp3) is 0.278. The molecule has 0 radical (unpaired) electrons. The molecule has 0 aromatic heterocycles. The maximum absolute atomic E-state index is 11.9. The number of rotatable bonds is 7. The van der Waals surface area contributed by atoms with E-state index in [4.69, 9.17) is 4.74 Å². The first-order valence-corrected chi connectivity index (χ1v) is 8.25. The number of carbonyl (C=O) groups excluding carboxylic acids is 1. The summed E-state index contributed by atoms with van der Waals surface area (Å²) in [5, 5.41) is 14.1. The number of allylic oxidation sites excluding steroid dienone is 1. The van der Waals surface area contributed by atoms with Crippen LogP contribution in [0.3, 0.4) is 0 Å². The Hall–Kier alpha value is -1.85. The molecule has 0 heterocycles. The Balaban J connectivity index is 1.92. The minimum Gasteiger partial charge on any atom is -0.484 e. The highest BCUT2D eigenvalue weighted by atomic mass is 79.9. The summed E-state index contributed by atoms with van der Waals surface area (Å²) in [6.07, 6.45) is 4.39. The van der Waals surface area contributed by atoms with Crippen LogP contribution < -0.4 is 10.1 Å². The molecular weight excluding hydrogens is 358 g/mol. The Bertz CT molecular complexity index is 700. The molecule has 23 heavy (non-hydrogen) atoms. The van der Waals surface area contributed by atoms with E-state index in [2.05, 4.69) is 21.2 Å². The molecule has 0 saturated carbocycles. The average molecular weight is 378 g/mol. The maximum atomic E-state index is 11.9. The highest BCUT2D eigenvalue weighted by molar-refractivity contribution is 9.10. The van der Waals surface area contributed by atoms with Crippen LogP contribution in [0.2, 0.25) is 0 Å². The van der Waals surface area contributed by atoms with E-state index in [-0.39, 0.29) is 25.2 Å². The number of halogens is 1.